The molecule has 12 heteroatoms. The molecule has 3 amide bonds. The predicted octanol–water partition coefficient (Wildman–Crippen LogP) is 0.956. The van der Waals surface area contributed by atoms with Crippen molar-refractivity contribution >= 4 is 23.6 Å². The molecule has 0 radical (unpaired) electrons. The molecule has 3 heterocycles. The van der Waals surface area contributed by atoms with Crippen LogP contribution >= 0.6 is 0 Å². The van der Waals surface area contributed by atoms with Crippen LogP contribution in [0.5, 0.6) is 0 Å². The minimum absolute atomic E-state index is 0.0239. The van der Waals surface area contributed by atoms with Crippen LogP contribution in [0.2, 0.25) is 0 Å². The second-order valence-electron chi connectivity index (χ2n) is 8.70. The van der Waals surface area contributed by atoms with Crippen LogP contribution in [0.15, 0.2) is 18.2 Å². The Balaban J connectivity index is 1.48. The second-order valence-corrected chi connectivity index (χ2v) is 8.70. The fourth-order valence-corrected chi connectivity index (χ4v) is 4.08. The number of ether oxygens (including phenoxy) is 2. The van der Waals surface area contributed by atoms with Gasteiger partial charge >= 0.3 is 12.1 Å². The number of rotatable bonds is 4. The third-order valence-corrected chi connectivity index (χ3v) is 6.16. The number of amidine groups is 1. The molecule has 4 rings (SSSR count). The molecule has 0 aromatic heterocycles. The molecule has 1 aromatic carbocycles. The Labute approximate surface area is 187 Å². The fourth-order valence-electron chi connectivity index (χ4n) is 4.08. The molecule has 2 unspecified atom stereocenters. The van der Waals surface area contributed by atoms with Crippen LogP contribution in [0.25, 0.3) is 0 Å². The lowest BCUT2D eigenvalue weighted by Gasteiger charge is -2.42. The van der Waals surface area contributed by atoms with Crippen molar-refractivity contribution in [2.24, 2.45) is 5.41 Å². The molecule has 33 heavy (non-hydrogen) atoms. The standard InChI is InChI=1S/C21H23F3N4O5/c1-20(9-33-10-20)18(30)26-14-4-5-32-8-15(14)28-7-12-3-2-11(6-13(12)17(28)29)16(25)27-19(31)21(22,23)24/h2-3,6,14-15H,4-5,7-10H2,1H3,(H,26,30)(H2,25,27,31). The SMILES string of the molecule is CC1(C(=O)NC2CCOCC2N2Cc3ccc(C(=N)NC(=O)C(F)(F)F)cc3C2=O)COC1. The first-order chi connectivity index (χ1) is 15.5. The molecule has 3 N–H and O–H groups in total. The van der Waals surface area contributed by atoms with Crippen molar-refractivity contribution in [3.63, 3.8) is 0 Å². The molecule has 0 saturated carbocycles. The van der Waals surface area contributed by atoms with Gasteiger partial charge in [-0.15, -0.1) is 0 Å². The summed E-state index contributed by atoms with van der Waals surface area (Å²) in [5.74, 6) is -3.54. The van der Waals surface area contributed by atoms with E-state index in [0.29, 0.717) is 31.8 Å². The van der Waals surface area contributed by atoms with Crippen molar-refractivity contribution in [1.29, 1.82) is 5.41 Å². The maximum Gasteiger partial charge on any atom is 0.471 e. The van der Waals surface area contributed by atoms with Gasteiger partial charge in [-0.05, 0) is 25.0 Å². The van der Waals surface area contributed by atoms with E-state index < -0.39 is 29.4 Å². The molecule has 3 aliphatic heterocycles. The van der Waals surface area contributed by atoms with E-state index in [2.05, 4.69) is 5.32 Å². The molecule has 2 fully saturated rings. The Bertz CT molecular complexity index is 1010. The van der Waals surface area contributed by atoms with Crippen molar-refractivity contribution in [2.75, 3.05) is 26.4 Å². The topological polar surface area (TPSA) is 121 Å². The maximum absolute atomic E-state index is 13.1. The van der Waals surface area contributed by atoms with E-state index in [0.717, 1.165) is 0 Å². The number of halogens is 3. The van der Waals surface area contributed by atoms with Gasteiger partial charge in [0.05, 0.1) is 37.3 Å². The summed E-state index contributed by atoms with van der Waals surface area (Å²) >= 11 is 0. The van der Waals surface area contributed by atoms with Gasteiger partial charge in [-0.25, -0.2) is 0 Å². The molecular weight excluding hydrogens is 445 g/mol. The van der Waals surface area contributed by atoms with Gasteiger partial charge in [0.25, 0.3) is 5.91 Å². The van der Waals surface area contributed by atoms with Crippen LogP contribution in [-0.4, -0.2) is 73.1 Å². The van der Waals surface area contributed by atoms with E-state index >= 15 is 0 Å². The highest BCUT2D eigenvalue weighted by Crippen LogP contribution is 2.31. The summed E-state index contributed by atoms with van der Waals surface area (Å²) < 4.78 is 48.1. The average molecular weight is 468 g/mol. The summed E-state index contributed by atoms with van der Waals surface area (Å²) in [5.41, 5.74) is 0.239. The molecule has 178 valence electrons. The highest BCUT2D eigenvalue weighted by Gasteiger charge is 2.45. The van der Waals surface area contributed by atoms with Crippen molar-refractivity contribution in [2.45, 2.75) is 38.1 Å². The van der Waals surface area contributed by atoms with Crippen LogP contribution in [0.4, 0.5) is 13.2 Å². The minimum Gasteiger partial charge on any atom is -0.379 e. The van der Waals surface area contributed by atoms with Gasteiger partial charge in [0.15, 0.2) is 0 Å². The number of hydrogen-bond acceptors (Lipinski definition) is 6. The van der Waals surface area contributed by atoms with Gasteiger partial charge in [0.1, 0.15) is 5.84 Å². The highest BCUT2D eigenvalue weighted by atomic mass is 19.4. The zero-order valence-electron chi connectivity index (χ0n) is 17.8. The van der Waals surface area contributed by atoms with E-state index in [1.54, 1.807) is 11.0 Å². The van der Waals surface area contributed by atoms with Gasteiger partial charge in [-0.1, -0.05) is 12.1 Å². The number of benzene rings is 1. The molecule has 1 aromatic rings. The lowest BCUT2D eigenvalue weighted by Crippen LogP contribution is -2.61. The number of fused-ring (bicyclic) bond motifs is 1. The van der Waals surface area contributed by atoms with E-state index in [4.69, 9.17) is 14.9 Å². The largest absolute Gasteiger partial charge is 0.471 e. The molecule has 0 spiro atoms. The number of carbonyl (C=O) groups is 3. The fraction of sp³-hybridized carbons (Fsp3) is 0.524. The van der Waals surface area contributed by atoms with Crippen molar-refractivity contribution < 1.29 is 37.0 Å². The normalized spacial score (nSPS) is 24.0. The summed E-state index contributed by atoms with van der Waals surface area (Å²) in [5, 5.41) is 12.3. The molecule has 0 aliphatic carbocycles. The number of nitrogens with one attached hydrogen (secondary N) is 3. The Morgan fingerprint density at radius 2 is 1.97 bits per heavy atom. The van der Waals surface area contributed by atoms with Gasteiger partial charge in [0, 0.05) is 24.3 Å². The predicted molar refractivity (Wildman–Crippen MR) is 107 cm³/mol. The first-order valence-corrected chi connectivity index (χ1v) is 10.4. The maximum atomic E-state index is 13.1. The molecule has 9 nitrogen and oxygen atoms in total. The monoisotopic (exact) mass is 468 g/mol. The number of alkyl halides is 3. The number of carbonyl (C=O) groups excluding carboxylic acids is 3. The third kappa shape index (κ3) is 4.44. The Morgan fingerprint density at radius 1 is 1.24 bits per heavy atom. The van der Waals surface area contributed by atoms with Crippen LogP contribution in [0.1, 0.15) is 34.8 Å². The summed E-state index contributed by atoms with van der Waals surface area (Å²) in [6, 6.07) is 3.45. The minimum atomic E-state index is -5.13. The van der Waals surface area contributed by atoms with Crippen LogP contribution in [0.3, 0.4) is 0 Å². The van der Waals surface area contributed by atoms with Crippen molar-refractivity contribution in [1.82, 2.24) is 15.5 Å². The van der Waals surface area contributed by atoms with E-state index in [-0.39, 0.29) is 42.1 Å². The summed E-state index contributed by atoms with van der Waals surface area (Å²) in [6.45, 7) is 3.37. The quantitative estimate of drug-likeness (QED) is 0.449. The first kappa shape index (κ1) is 23.2. The van der Waals surface area contributed by atoms with Gasteiger partial charge in [-0.3, -0.25) is 19.8 Å². The molecule has 2 atom stereocenters. The Kier molecular flexibility index (Phi) is 5.91. The number of amides is 3. The average Bonchev–Trinajstić information content (AvgIpc) is 3.07. The summed E-state index contributed by atoms with van der Waals surface area (Å²) in [7, 11) is 0. The second kappa shape index (κ2) is 8.41. The van der Waals surface area contributed by atoms with Gasteiger partial charge < -0.3 is 25.0 Å². The van der Waals surface area contributed by atoms with Crippen molar-refractivity contribution in [3.8, 4) is 0 Å². The molecule has 0 bridgehead atoms. The van der Waals surface area contributed by atoms with Crippen LogP contribution < -0.4 is 10.6 Å². The summed E-state index contributed by atoms with van der Waals surface area (Å²) in [4.78, 5) is 38.5. The lowest BCUT2D eigenvalue weighted by molar-refractivity contribution is -0.171. The molecule has 3 aliphatic rings. The van der Waals surface area contributed by atoms with Gasteiger partial charge in [-0.2, -0.15) is 13.2 Å². The smallest absolute Gasteiger partial charge is 0.379 e. The highest BCUT2D eigenvalue weighted by molar-refractivity contribution is 6.09. The number of nitrogens with zero attached hydrogens (tertiary/aromatic N) is 1. The third-order valence-electron chi connectivity index (χ3n) is 6.16. The number of hydrogen-bond donors (Lipinski definition) is 3. The molecule has 2 saturated heterocycles. The Morgan fingerprint density at radius 3 is 2.61 bits per heavy atom. The zero-order valence-corrected chi connectivity index (χ0v) is 17.8. The van der Waals surface area contributed by atoms with E-state index in [9.17, 15) is 27.6 Å². The Hall–Kier alpha value is -2.99. The van der Waals surface area contributed by atoms with Gasteiger partial charge in [0.2, 0.25) is 5.91 Å². The summed E-state index contributed by atoms with van der Waals surface area (Å²) in [6.07, 6.45) is -4.61. The molecular formula is C21H23F3N4O5. The van der Waals surface area contributed by atoms with Crippen LogP contribution in [0, 0.1) is 10.8 Å². The van der Waals surface area contributed by atoms with Crippen LogP contribution in [-0.2, 0) is 25.6 Å². The first-order valence-electron chi connectivity index (χ1n) is 10.4. The van der Waals surface area contributed by atoms with Crippen molar-refractivity contribution in [3.05, 3.63) is 34.9 Å². The zero-order chi connectivity index (χ0) is 24.0. The van der Waals surface area contributed by atoms with E-state index in [1.165, 1.54) is 17.4 Å². The van der Waals surface area contributed by atoms with E-state index in [1.807, 2.05) is 6.92 Å². The lowest BCUT2D eigenvalue weighted by atomic mass is 9.86.